The van der Waals surface area contributed by atoms with Gasteiger partial charge in [0.25, 0.3) is 5.91 Å². The predicted octanol–water partition coefficient (Wildman–Crippen LogP) is 2.09. The van der Waals surface area contributed by atoms with Gasteiger partial charge in [-0.05, 0) is 36.4 Å². The number of amides is 2. The Balaban J connectivity index is 1.58. The minimum Gasteiger partial charge on any atom is -0.497 e. The van der Waals surface area contributed by atoms with Crippen molar-refractivity contribution < 1.29 is 22.7 Å². The highest BCUT2D eigenvalue weighted by atomic mass is 32.2. The van der Waals surface area contributed by atoms with Crippen molar-refractivity contribution in [3.05, 3.63) is 60.2 Å². The first-order valence-corrected chi connectivity index (χ1v) is 11.1. The molecule has 0 aromatic heterocycles. The molecule has 2 saturated heterocycles. The number of ether oxygens (including phenoxy) is 1. The molecule has 8 heteroatoms. The molecule has 2 heterocycles. The Hall–Kier alpha value is -2.87. The molecule has 7 nitrogen and oxygen atoms in total. The summed E-state index contributed by atoms with van der Waals surface area (Å²) >= 11 is 0. The fraction of sp³-hybridized carbons (Fsp3) is 0.333. The molecule has 0 atom stereocenters. The molecular formula is C21H22N2O5S. The van der Waals surface area contributed by atoms with Crippen LogP contribution in [0.4, 0.5) is 5.69 Å². The third-order valence-electron chi connectivity index (χ3n) is 5.73. The second-order valence-electron chi connectivity index (χ2n) is 7.29. The van der Waals surface area contributed by atoms with E-state index in [1.54, 1.807) is 60.5 Å². The molecule has 2 aliphatic rings. The number of anilines is 1. The highest BCUT2D eigenvalue weighted by Gasteiger charge is 2.59. The number of para-hydroxylation sites is 1. The average Bonchev–Trinajstić information content (AvgIpc) is 2.93. The molecule has 0 N–H and O–H groups in total. The number of nitrogens with zero attached hydrogens (tertiary/aromatic N) is 2. The molecule has 4 rings (SSSR count). The Bertz CT molecular complexity index is 1030. The van der Waals surface area contributed by atoms with Gasteiger partial charge in [-0.1, -0.05) is 18.2 Å². The number of hydrogen-bond donors (Lipinski definition) is 0. The summed E-state index contributed by atoms with van der Waals surface area (Å²) in [4.78, 5) is 27.2. The standard InChI is InChI=1S/C21H22N2O5S/c1-28-18-9-7-16(8-10-18)20(25)22-13-11-21(12-14-22)23(17-5-3-2-4-6-17)19(24)15-29(21,26)27/h2-10H,11-15H2,1H3. The number of rotatable bonds is 3. The van der Waals surface area contributed by atoms with Crippen LogP contribution in [-0.2, 0) is 14.6 Å². The molecule has 0 bridgehead atoms. The zero-order valence-corrected chi connectivity index (χ0v) is 16.9. The minimum absolute atomic E-state index is 0.157. The smallest absolute Gasteiger partial charge is 0.253 e. The Morgan fingerprint density at radius 3 is 2.21 bits per heavy atom. The van der Waals surface area contributed by atoms with Crippen molar-refractivity contribution in [2.24, 2.45) is 0 Å². The number of sulfone groups is 1. The summed E-state index contributed by atoms with van der Waals surface area (Å²) in [5.74, 6) is -0.399. The number of hydrogen-bond acceptors (Lipinski definition) is 5. The predicted molar refractivity (Wildman–Crippen MR) is 109 cm³/mol. The Kier molecular flexibility index (Phi) is 4.82. The van der Waals surface area contributed by atoms with E-state index in [0.29, 0.717) is 17.0 Å². The number of benzene rings is 2. The quantitative estimate of drug-likeness (QED) is 0.768. The molecular weight excluding hydrogens is 392 g/mol. The monoisotopic (exact) mass is 414 g/mol. The molecule has 0 radical (unpaired) electrons. The third kappa shape index (κ3) is 3.17. The van der Waals surface area contributed by atoms with Crippen molar-refractivity contribution in [3.63, 3.8) is 0 Å². The fourth-order valence-corrected chi connectivity index (χ4v) is 6.21. The normalized spacial score (nSPS) is 20.1. The molecule has 2 fully saturated rings. The molecule has 2 aromatic rings. The third-order valence-corrected chi connectivity index (χ3v) is 8.11. The van der Waals surface area contributed by atoms with E-state index in [1.165, 1.54) is 4.90 Å². The van der Waals surface area contributed by atoms with E-state index in [-0.39, 0.29) is 31.8 Å². The molecule has 0 aliphatic carbocycles. The maximum atomic E-state index is 13.0. The fourth-order valence-electron chi connectivity index (χ4n) is 4.19. The lowest BCUT2D eigenvalue weighted by Crippen LogP contribution is -2.57. The molecule has 1 spiro atoms. The van der Waals surface area contributed by atoms with E-state index in [1.807, 2.05) is 6.07 Å². The number of methoxy groups -OCH3 is 1. The maximum Gasteiger partial charge on any atom is 0.253 e. The molecule has 152 valence electrons. The molecule has 2 amide bonds. The second-order valence-corrected chi connectivity index (χ2v) is 9.57. The molecule has 2 aromatic carbocycles. The van der Waals surface area contributed by atoms with Gasteiger partial charge < -0.3 is 9.64 Å². The van der Waals surface area contributed by atoms with Crippen LogP contribution in [-0.4, -0.2) is 56.0 Å². The van der Waals surface area contributed by atoms with Crippen LogP contribution in [0.2, 0.25) is 0 Å². The zero-order valence-electron chi connectivity index (χ0n) is 16.1. The van der Waals surface area contributed by atoms with Gasteiger partial charge in [0.2, 0.25) is 5.91 Å². The van der Waals surface area contributed by atoms with Gasteiger partial charge in [-0.25, -0.2) is 8.42 Å². The molecule has 2 aliphatic heterocycles. The Morgan fingerprint density at radius 1 is 1.00 bits per heavy atom. The van der Waals surface area contributed by atoms with Crippen LogP contribution in [0.5, 0.6) is 5.75 Å². The number of likely N-dealkylation sites (tertiary alicyclic amines) is 1. The van der Waals surface area contributed by atoms with Gasteiger partial charge in [-0.2, -0.15) is 0 Å². The van der Waals surface area contributed by atoms with Crippen molar-refractivity contribution in [1.82, 2.24) is 4.90 Å². The summed E-state index contributed by atoms with van der Waals surface area (Å²) in [6, 6.07) is 15.7. The lowest BCUT2D eigenvalue weighted by Gasteiger charge is -2.43. The van der Waals surface area contributed by atoms with Crippen LogP contribution >= 0.6 is 0 Å². The van der Waals surface area contributed by atoms with Gasteiger partial charge in [-0.3, -0.25) is 14.5 Å². The van der Waals surface area contributed by atoms with Gasteiger partial charge in [0, 0.05) is 37.2 Å². The van der Waals surface area contributed by atoms with Crippen LogP contribution in [0.15, 0.2) is 54.6 Å². The lowest BCUT2D eigenvalue weighted by molar-refractivity contribution is -0.116. The first-order valence-electron chi connectivity index (χ1n) is 9.42. The number of carbonyl (C=O) groups excluding carboxylic acids is 2. The van der Waals surface area contributed by atoms with Gasteiger partial charge in [0.05, 0.1) is 7.11 Å². The second kappa shape index (κ2) is 7.18. The first-order chi connectivity index (χ1) is 13.9. The SMILES string of the molecule is COc1ccc(C(=O)N2CCC3(CC2)N(c2ccccc2)C(=O)CS3(=O)=O)cc1. The van der Waals surface area contributed by atoms with E-state index >= 15 is 0 Å². The minimum atomic E-state index is -3.66. The van der Waals surface area contributed by atoms with Crippen molar-refractivity contribution in [3.8, 4) is 5.75 Å². The van der Waals surface area contributed by atoms with Crippen LogP contribution in [0.3, 0.4) is 0 Å². The topological polar surface area (TPSA) is 84.0 Å². The van der Waals surface area contributed by atoms with Gasteiger partial charge in [0.15, 0.2) is 14.7 Å². The summed E-state index contributed by atoms with van der Waals surface area (Å²) < 4.78 is 31.1. The number of piperidine rings is 1. The van der Waals surface area contributed by atoms with Crippen LogP contribution in [0, 0.1) is 0 Å². The largest absolute Gasteiger partial charge is 0.497 e. The van der Waals surface area contributed by atoms with Gasteiger partial charge in [0.1, 0.15) is 11.5 Å². The van der Waals surface area contributed by atoms with Crippen LogP contribution in [0.25, 0.3) is 0 Å². The summed E-state index contributed by atoms with van der Waals surface area (Å²) in [6.45, 7) is 0.529. The zero-order chi connectivity index (χ0) is 20.6. The van der Waals surface area contributed by atoms with Crippen molar-refractivity contribution in [2.45, 2.75) is 17.7 Å². The van der Waals surface area contributed by atoms with E-state index in [9.17, 15) is 18.0 Å². The van der Waals surface area contributed by atoms with E-state index in [0.717, 1.165) is 0 Å². The van der Waals surface area contributed by atoms with E-state index < -0.39 is 26.4 Å². The molecule has 0 unspecified atom stereocenters. The van der Waals surface area contributed by atoms with E-state index in [2.05, 4.69) is 0 Å². The summed E-state index contributed by atoms with van der Waals surface area (Å²) in [5, 5.41) is 0. The summed E-state index contributed by atoms with van der Waals surface area (Å²) in [5.41, 5.74) is 1.10. The Morgan fingerprint density at radius 2 is 1.62 bits per heavy atom. The Labute approximate surface area is 169 Å². The number of carbonyl (C=O) groups is 2. The summed E-state index contributed by atoms with van der Waals surface area (Å²) in [7, 11) is -2.10. The van der Waals surface area contributed by atoms with Crippen LogP contribution < -0.4 is 9.64 Å². The highest BCUT2D eigenvalue weighted by molar-refractivity contribution is 7.94. The van der Waals surface area contributed by atoms with Crippen molar-refractivity contribution in [2.75, 3.05) is 30.9 Å². The molecule has 0 saturated carbocycles. The van der Waals surface area contributed by atoms with Gasteiger partial charge in [-0.15, -0.1) is 0 Å². The lowest BCUT2D eigenvalue weighted by atomic mass is 10.00. The first kappa shape index (κ1) is 19.4. The van der Waals surface area contributed by atoms with Gasteiger partial charge >= 0.3 is 0 Å². The highest BCUT2D eigenvalue weighted by Crippen LogP contribution is 2.42. The maximum absolute atomic E-state index is 13.0. The summed E-state index contributed by atoms with van der Waals surface area (Å²) in [6.07, 6.45) is 0.385. The van der Waals surface area contributed by atoms with Crippen molar-refractivity contribution in [1.29, 1.82) is 0 Å². The van der Waals surface area contributed by atoms with E-state index in [4.69, 9.17) is 4.74 Å². The van der Waals surface area contributed by atoms with Crippen LogP contribution in [0.1, 0.15) is 23.2 Å². The van der Waals surface area contributed by atoms with Crippen molar-refractivity contribution >= 4 is 27.3 Å². The molecule has 29 heavy (non-hydrogen) atoms. The average molecular weight is 414 g/mol.